The van der Waals surface area contributed by atoms with Crippen LogP contribution in [0.3, 0.4) is 0 Å². The smallest absolute Gasteiger partial charge is 0.317 e. The number of likely N-dealkylation sites (tertiary alicyclic amines) is 1. The lowest BCUT2D eigenvalue weighted by molar-refractivity contribution is 0.198. The van der Waals surface area contributed by atoms with Gasteiger partial charge >= 0.3 is 6.03 Å². The average molecular weight is 306 g/mol. The van der Waals surface area contributed by atoms with Gasteiger partial charge in [-0.2, -0.15) is 0 Å². The molecule has 2 N–H and O–H groups in total. The number of urea groups is 1. The highest BCUT2D eigenvalue weighted by molar-refractivity contribution is 5.74. The summed E-state index contributed by atoms with van der Waals surface area (Å²) in [7, 11) is 0. The monoisotopic (exact) mass is 306 g/mol. The summed E-state index contributed by atoms with van der Waals surface area (Å²) in [4.78, 5) is 13.8. The van der Waals surface area contributed by atoms with Gasteiger partial charge in [0.2, 0.25) is 0 Å². The average Bonchev–Trinajstić information content (AvgIpc) is 2.97. The second kappa shape index (κ2) is 8.03. The number of nitrogens with zero attached hydrogens (tertiary/aromatic N) is 1. The predicted molar refractivity (Wildman–Crippen MR) is 86.1 cm³/mol. The van der Waals surface area contributed by atoms with Crippen molar-refractivity contribution in [3.8, 4) is 5.75 Å². The number of aliphatic hydroxyl groups is 1. The molecule has 1 unspecified atom stereocenters. The molecule has 1 heterocycles. The van der Waals surface area contributed by atoms with Crippen LogP contribution in [0.2, 0.25) is 0 Å². The second-order valence-corrected chi connectivity index (χ2v) is 6.08. The van der Waals surface area contributed by atoms with E-state index in [4.69, 9.17) is 9.84 Å². The fraction of sp³-hybridized carbons (Fsp3) is 0.588. The van der Waals surface area contributed by atoms with Gasteiger partial charge in [0.25, 0.3) is 0 Å². The Morgan fingerprint density at radius 2 is 2.14 bits per heavy atom. The van der Waals surface area contributed by atoms with E-state index in [2.05, 4.69) is 5.32 Å². The molecule has 1 atom stereocenters. The van der Waals surface area contributed by atoms with E-state index in [0.717, 1.165) is 25.1 Å². The molecule has 1 saturated heterocycles. The maximum absolute atomic E-state index is 12.0. The molecule has 5 heteroatoms. The van der Waals surface area contributed by atoms with Gasteiger partial charge in [-0.15, -0.1) is 0 Å². The Morgan fingerprint density at radius 1 is 1.41 bits per heavy atom. The third-order valence-corrected chi connectivity index (χ3v) is 3.82. The van der Waals surface area contributed by atoms with Gasteiger partial charge in [-0.3, -0.25) is 0 Å². The number of amides is 2. The van der Waals surface area contributed by atoms with E-state index < -0.39 is 0 Å². The molecule has 2 rings (SSSR count). The van der Waals surface area contributed by atoms with Crippen LogP contribution in [0.5, 0.6) is 5.75 Å². The molecule has 0 spiro atoms. The topological polar surface area (TPSA) is 61.8 Å². The van der Waals surface area contributed by atoms with Crippen LogP contribution in [-0.2, 0) is 6.42 Å². The zero-order chi connectivity index (χ0) is 15.9. The van der Waals surface area contributed by atoms with Gasteiger partial charge in [-0.05, 0) is 44.4 Å². The lowest BCUT2D eigenvalue weighted by Crippen LogP contribution is -2.39. The number of nitrogens with one attached hydrogen (secondary N) is 1. The highest BCUT2D eigenvalue weighted by Gasteiger charge is 2.25. The third-order valence-electron chi connectivity index (χ3n) is 3.82. The van der Waals surface area contributed by atoms with Crippen molar-refractivity contribution in [2.75, 3.05) is 26.2 Å². The van der Waals surface area contributed by atoms with Crippen LogP contribution in [0.25, 0.3) is 0 Å². The Labute approximate surface area is 132 Å². The van der Waals surface area contributed by atoms with Gasteiger partial charge < -0.3 is 20.1 Å². The van der Waals surface area contributed by atoms with Gasteiger partial charge in [0.1, 0.15) is 5.75 Å². The molecule has 0 saturated carbocycles. The zero-order valence-electron chi connectivity index (χ0n) is 13.4. The lowest BCUT2D eigenvalue weighted by Gasteiger charge is -2.17. The van der Waals surface area contributed by atoms with Crippen molar-refractivity contribution in [2.24, 2.45) is 5.92 Å². The van der Waals surface area contributed by atoms with Gasteiger partial charge in [0.15, 0.2) is 0 Å². The Morgan fingerprint density at radius 3 is 2.73 bits per heavy atom. The summed E-state index contributed by atoms with van der Waals surface area (Å²) in [5, 5.41) is 12.0. The fourth-order valence-electron chi connectivity index (χ4n) is 2.60. The van der Waals surface area contributed by atoms with Crippen molar-refractivity contribution in [1.29, 1.82) is 0 Å². The third kappa shape index (κ3) is 4.91. The largest absolute Gasteiger partial charge is 0.491 e. The van der Waals surface area contributed by atoms with E-state index in [1.807, 2.05) is 38.1 Å². The van der Waals surface area contributed by atoms with Crippen molar-refractivity contribution in [1.82, 2.24) is 10.2 Å². The summed E-state index contributed by atoms with van der Waals surface area (Å²) in [6.45, 7) is 6.17. The molecule has 1 aliphatic rings. The number of aliphatic hydroxyl groups excluding tert-OH is 1. The molecule has 2 amide bonds. The molecule has 1 aromatic rings. The number of carbonyl (C=O) groups excluding carboxylic acids is 1. The molecule has 5 nitrogen and oxygen atoms in total. The summed E-state index contributed by atoms with van der Waals surface area (Å²) in [5.74, 6) is 1.11. The van der Waals surface area contributed by atoms with Crippen molar-refractivity contribution >= 4 is 6.03 Å². The Bertz CT molecular complexity index is 473. The van der Waals surface area contributed by atoms with Gasteiger partial charge in [0, 0.05) is 32.2 Å². The summed E-state index contributed by atoms with van der Waals surface area (Å²) in [5.41, 5.74) is 1.17. The molecule has 1 aliphatic heterocycles. The highest BCUT2D eigenvalue weighted by atomic mass is 16.5. The molecular formula is C17H26N2O3. The van der Waals surface area contributed by atoms with Crippen molar-refractivity contribution in [3.05, 3.63) is 29.8 Å². The van der Waals surface area contributed by atoms with Gasteiger partial charge in [-0.25, -0.2) is 4.79 Å². The lowest BCUT2D eigenvalue weighted by atomic mass is 10.1. The SMILES string of the molecule is CC(C)Oc1ccc(CCNC(=O)N2CCC(CO)C2)cc1. The first-order valence-electron chi connectivity index (χ1n) is 7.97. The van der Waals surface area contributed by atoms with Crippen molar-refractivity contribution < 1.29 is 14.6 Å². The first kappa shape index (κ1) is 16.6. The van der Waals surface area contributed by atoms with E-state index in [1.165, 1.54) is 5.56 Å². The first-order chi connectivity index (χ1) is 10.6. The highest BCUT2D eigenvalue weighted by Crippen LogP contribution is 2.16. The molecule has 0 aliphatic carbocycles. The summed E-state index contributed by atoms with van der Waals surface area (Å²) in [6.07, 6.45) is 1.86. The zero-order valence-corrected chi connectivity index (χ0v) is 13.4. The van der Waals surface area contributed by atoms with Crippen LogP contribution in [-0.4, -0.2) is 48.4 Å². The molecule has 0 bridgehead atoms. The van der Waals surface area contributed by atoms with E-state index >= 15 is 0 Å². The van der Waals surface area contributed by atoms with E-state index in [1.54, 1.807) is 4.90 Å². The number of benzene rings is 1. The standard InChI is InChI=1S/C17H26N2O3/c1-13(2)22-16-5-3-14(4-6-16)7-9-18-17(21)19-10-8-15(11-19)12-20/h3-6,13,15,20H,7-12H2,1-2H3,(H,18,21). The number of ether oxygens (including phenoxy) is 1. The fourth-order valence-corrected chi connectivity index (χ4v) is 2.60. The maximum Gasteiger partial charge on any atom is 0.317 e. The molecule has 1 aromatic carbocycles. The van der Waals surface area contributed by atoms with Crippen LogP contribution in [0.1, 0.15) is 25.8 Å². The maximum atomic E-state index is 12.0. The van der Waals surface area contributed by atoms with Gasteiger partial charge in [0.05, 0.1) is 6.10 Å². The minimum atomic E-state index is -0.0317. The number of hydrogen-bond acceptors (Lipinski definition) is 3. The number of carbonyl (C=O) groups is 1. The Balaban J connectivity index is 1.71. The van der Waals surface area contributed by atoms with Crippen molar-refractivity contribution in [2.45, 2.75) is 32.8 Å². The molecule has 1 fully saturated rings. The molecule has 0 radical (unpaired) electrons. The van der Waals surface area contributed by atoms with E-state index in [9.17, 15) is 4.79 Å². The summed E-state index contributed by atoms with van der Waals surface area (Å²) >= 11 is 0. The molecule has 122 valence electrons. The van der Waals surface area contributed by atoms with Crippen LogP contribution in [0.4, 0.5) is 4.79 Å². The van der Waals surface area contributed by atoms with Crippen molar-refractivity contribution in [3.63, 3.8) is 0 Å². The minimum Gasteiger partial charge on any atom is -0.491 e. The van der Waals surface area contributed by atoms with Crippen LogP contribution in [0.15, 0.2) is 24.3 Å². The van der Waals surface area contributed by atoms with Crippen LogP contribution < -0.4 is 10.1 Å². The predicted octanol–water partition coefficient (Wildman–Crippen LogP) is 2.04. The van der Waals surface area contributed by atoms with Gasteiger partial charge in [-0.1, -0.05) is 12.1 Å². The Hall–Kier alpha value is -1.75. The molecule has 22 heavy (non-hydrogen) atoms. The number of rotatable bonds is 6. The second-order valence-electron chi connectivity index (χ2n) is 6.08. The molecule has 0 aromatic heterocycles. The summed E-state index contributed by atoms with van der Waals surface area (Å²) in [6, 6.07) is 7.95. The van der Waals surface area contributed by atoms with E-state index in [-0.39, 0.29) is 24.7 Å². The minimum absolute atomic E-state index is 0.0317. The van der Waals surface area contributed by atoms with Crippen LogP contribution >= 0.6 is 0 Å². The van der Waals surface area contributed by atoms with E-state index in [0.29, 0.717) is 13.1 Å². The summed E-state index contributed by atoms with van der Waals surface area (Å²) < 4.78 is 5.60. The normalized spacial score (nSPS) is 17.8. The Kier molecular flexibility index (Phi) is 6.07. The first-order valence-corrected chi connectivity index (χ1v) is 7.97. The van der Waals surface area contributed by atoms with Crippen LogP contribution in [0, 0.1) is 5.92 Å². The molecular weight excluding hydrogens is 280 g/mol. The number of hydrogen-bond donors (Lipinski definition) is 2. The quantitative estimate of drug-likeness (QED) is 0.845.